The van der Waals surface area contributed by atoms with Crippen LogP contribution in [-0.4, -0.2) is 40.1 Å². The van der Waals surface area contributed by atoms with Crippen LogP contribution in [0.25, 0.3) is 11.5 Å². The number of nitrogens with zero attached hydrogens (tertiary/aromatic N) is 4. The summed E-state index contributed by atoms with van der Waals surface area (Å²) in [6.07, 6.45) is -2.00. The molecule has 2 aromatic rings. The van der Waals surface area contributed by atoms with Gasteiger partial charge >= 0.3 is 18.0 Å². The second-order valence-electron chi connectivity index (χ2n) is 5.61. The van der Waals surface area contributed by atoms with Gasteiger partial charge in [0.1, 0.15) is 0 Å². The Morgan fingerprint density at radius 2 is 2.19 bits per heavy atom. The topological polar surface area (TPSA) is 95.1 Å². The van der Waals surface area contributed by atoms with Crippen LogP contribution in [-0.2, 0) is 6.18 Å². The van der Waals surface area contributed by atoms with Gasteiger partial charge in [0.25, 0.3) is 0 Å². The maximum atomic E-state index is 12.8. The Morgan fingerprint density at radius 1 is 1.42 bits per heavy atom. The zero-order valence-electron chi connectivity index (χ0n) is 13.0. The molecule has 1 saturated heterocycles. The van der Waals surface area contributed by atoms with Crippen LogP contribution < -0.4 is 5.32 Å². The van der Waals surface area contributed by atoms with E-state index in [0.717, 1.165) is 18.2 Å². The van der Waals surface area contributed by atoms with Crippen molar-refractivity contribution in [3.8, 4) is 17.6 Å². The van der Waals surface area contributed by atoms with E-state index in [9.17, 15) is 18.0 Å². The maximum absolute atomic E-state index is 12.8. The van der Waals surface area contributed by atoms with E-state index in [4.69, 9.17) is 21.3 Å². The third-order valence-electron chi connectivity index (χ3n) is 3.81. The van der Waals surface area contributed by atoms with Crippen molar-refractivity contribution in [2.75, 3.05) is 13.1 Å². The highest BCUT2D eigenvalue weighted by Crippen LogP contribution is 2.35. The quantitative estimate of drug-likeness (QED) is 0.816. The molecule has 26 heavy (non-hydrogen) atoms. The SMILES string of the molecule is N#CN1CCC(NC(=O)c2nnc(-c3cc(C(F)(F)F)ccc3Cl)o2)C1. The number of alkyl halides is 3. The number of benzene rings is 1. The summed E-state index contributed by atoms with van der Waals surface area (Å²) in [4.78, 5) is 13.6. The van der Waals surface area contributed by atoms with E-state index in [1.54, 1.807) is 0 Å². The molecule has 1 unspecified atom stereocenters. The predicted molar refractivity (Wildman–Crippen MR) is 82.8 cm³/mol. The second kappa shape index (κ2) is 6.84. The van der Waals surface area contributed by atoms with Gasteiger partial charge in [0.05, 0.1) is 16.1 Å². The Kier molecular flexibility index (Phi) is 4.73. The molecule has 1 aliphatic heterocycles. The lowest BCUT2D eigenvalue weighted by atomic mass is 10.1. The number of rotatable bonds is 3. The predicted octanol–water partition coefficient (Wildman–Crippen LogP) is 2.69. The van der Waals surface area contributed by atoms with Crippen LogP contribution in [0.15, 0.2) is 22.6 Å². The van der Waals surface area contributed by atoms with Gasteiger partial charge in [0.15, 0.2) is 6.19 Å². The molecule has 0 spiro atoms. The number of hydrogen-bond acceptors (Lipinski definition) is 6. The summed E-state index contributed by atoms with van der Waals surface area (Å²) in [6, 6.07) is 2.42. The highest BCUT2D eigenvalue weighted by Gasteiger charge is 2.32. The molecule has 0 bridgehead atoms. The molecule has 1 aliphatic rings. The fourth-order valence-electron chi connectivity index (χ4n) is 2.51. The lowest BCUT2D eigenvalue weighted by Gasteiger charge is -2.10. The molecule has 1 amide bonds. The third kappa shape index (κ3) is 3.72. The van der Waals surface area contributed by atoms with Crippen molar-refractivity contribution in [1.29, 1.82) is 5.26 Å². The largest absolute Gasteiger partial charge is 0.416 e. The minimum absolute atomic E-state index is 0.0194. The molecule has 1 atom stereocenters. The van der Waals surface area contributed by atoms with E-state index < -0.39 is 23.5 Å². The van der Waals surface area contributed by atoms with Gasteiger partial charge in [0.2, 0.25) is 5.89 Å². The normalized spacial score (nSPS) is 17.2. The summed E-state index contributed by atoms with van der Waals surface area (Å²) >= 11 is 5.91. The van der Waals surface area contributed by atoms with Gasteiger partial charge in [-0.2, -0.15) is 18.4 Å². The fraction of sp³-hybridized carbons (Fsp3) is 0.333. The Labute approximate surface area is 150 Å². The Hall–Kier alpha value is -2.80. The first-order chi connectivity index (χ1) is 12.3. The highest BCUT2D eigenvalue weighted by molar-refractivity contribution is 6.33. The second-order valence-corrected chi connectivity index (χ2v) is 6.02. The van der Waals surface area contributed by atoms with Gasteiger partial charge in [-0.25, -0.2) is 0 Å². The van der Waals surface area contributed by atoms with Crippen LogP contribution >= 0.6 is 11.6 Å². The number of likely N-dealkylation sites (tertiary alicyclic amines) is 1. The smallest absolute Gasteiger partial charge is 0.412 e. The number of amides is 1. The molecule has 1 N–H and O–H groups in total. The average Bonchev–Trinajstić information content (AvgIpc) is 3.23. The van der Waals surface area contributed by atoms with E-state index >= 15 is 0 Å². The molecule has 0 radical (unpaired) electrons. The first-order valence-electron chi connectivity index (χ1n) is 7.44. The van der Waals surface area contributed by atoms with Crippen LogP contribution in [0.1, 0.15) is 22.7 Å². The van der Waals surface area contributed by atoms with Crippen LogP contribution in [0.5, 0.6) is 0 Å². The number of nitrogens with one attached hydrogen (secondary N) is 1. The lowest BCUT2D eigenvalue weighted by molar-refractivity contribution is -0.137. The fourth-order valence-corrected chi connectivity index (χ4v) is 2.70. The van der Waals surface area contributed by atoms with Crippen molar-refractivity contribution in [3.05, 3.63) is 34.7 Å². The number of nitriles is 1. The van der Waals surface area contributed by atoms with Crippen LogP contribution in [0, 0.1) is 11.5 Å². The van der Waals surface area contributed by atoms with Gasteiger partial charge in [-0.15, -0.1) is 10.2 Å². The average molecular weight is 386 g/mol. The minimum atomic E-state index is -4.56. The highest BCUT2D eigenvalue weighted by atomic mass is 35.5. The molecule has 1 fully saturated rings. The van der Waals surface area contributed by atoms with E-state index in [1.807, 2.05) is 6.19 Å². The first-order valence-corrected chi connectivity index (χ1v) is 7.82. The van der Waals surface area contributed by atoms with E-state index in [1.165, 1.54) is 4.90 Å². The molecular weight excluding hydrogens is 375 g/mol. The molecule has 11 heteroatoms. The summed E-state index contributed by atoms with van der Waals surface area (Å²) < 4.78 is 43.7. The van der Waals surface area contributed by atoms with Gasteiger partial charge in [0, 0.05) is 19.1 Å². The maximum Gasteiger partial charge on any atom is 0.416 e. The molecule has 3 rings (SSSR count). The summed E-state index contributed by atoms with van der Waals surface area (Å²) in [5, 5.41) is 18.6. The van der Waals surface area contributed by atoms with E-state index in [2.05, 4.69) is 15.5 Å². The number of carbonyl (C=O) groups is 1. The summed E-state index contributed by atoms with van der Waals surface area (Å²) in [5.74, 6) is -1.36. The molecule has 2 heterocycles. The van der Waals surface area contributed by atoms with E-state index in [0.29, 0.717) is 19.5 Å². The molecule has 1 aromatic carbocycles. The van der Waals surface area contributed by atoms with Crippen molar-refractivity contribution < 1.29 is 22.4 Å². The van der Waals surface area contributed by atoms with Gasteiger partial charge < -0.3 is 14.6 Å². The summed E-state index contributed by atoms with van der Waals surface area (Å²) in [5.41, 5.74) is -1.05. The molecule has 0 saturated carbocycles. The van der Waals surface area contributed by atoms with Crippen LogP contribution in [0.3, 0.4) is 0 Å². The zero-order chi connectivity index (χ0) is 18.9. The number of aromatic nitrogens is 2. The van der Waals surface area contributed by atoms with Gasteiger partial charge in [-0.3, -0.25) is 4.79 Å². The molecule has 0 aliphatic carbocycles. The number of hydrogen-bond donors (Lipinski definition) is 1. The number of halogens is 4. The monoisotopic (exact) mass is 385 g/mol. The van der Waals surface area contributed by atoms with Crippen LogP contribution in [0.2, 0.25) is 5.02 Å². The Balaban J connectivity index is 1.78. The zero-order valence-corrected chi connectivity index (χ0v) is 13.8. The Morgan fingerprint density at radius 3 is 2.85 bits per heavy atom. The van der Waals surface area contributed by atoms with Gasteiger partial charge in [-0.05, 0) is 24.6 Å². The van der Waals surface area contributed by atoms with Gasteiger partial charge in [-0.1, -0.05) is 11.6 Å². The van der Waals surface area contributed by atoms with Crippen molar-refractivity contribution in [2.24, 2.45) is 0 Å². The van der Waals surface area contributed by atoms with Crippen molar-refractivity contribution in [2.45, 2.75) is 18.6 Å². The standard InChI is InChI=1S/C15H11ClF3N5O2/c16-11-2-1-8(15(17,18)19)5-10(11)13-22-23-14(26-13)12(25)21-9-3-4-24(6-9)7-20/h1-2,5,9H,3-4,6H2,(H,21,25). The van der Waals surface area contributed by atoms with Crippen molar-refractivity contribution >= 4 is 17.5 Å². The Bertz CT molecular complexity index is 877. The van der Waals surface area contributed by atoms with Crippen LogP contribution in [0.4, 0.5) is 13.2 Å². The first kappa shape index (κ1) is 18.0. The third-order valence-corrected chi connectivity index (χ3v) is 4.14. The minimum Gasteiger partial charge on any atom is -0.412 e. The molecule has 136 valence electrons. The molecular formula is C15H11ClF3N5O2. The molecule has 7 nitrogen and oxygen atoms in total. The van der Waals surface area contributed by atoms with Crippen molar-refractivity contribution in [1.82, 2.24) is 20.4 Å². The van der Waals surface area contributed by atoms with Crippen molar-refractivity contribution in [3.63, 3.8) is 0 Å². The number of carbonyl (C=O) groups excluding carboxylic acids is 1. The summed E-state index contributed by atoms with van der Waals surface area (Å²) in [6.45, 7) is 0.888. The van der Waals surface area contributed by atoms with E-state index in [-0.39, 0.29) is 22.5 Å². The summed E-state index contributed by atoms with van der Waals surface area (Å²) in [7, 11) is 0. The lowest BCUT2D eigenvalue weighted by Crippen LogP contribution is -2.36. The molecule has 1 aromatic heterocycles.